The van der Waals surface area contributed by atoms with Crippen LogP contribution in [-0.4, -0.2) is 60.4 Å². The second-order valence-electron chi connectivity index (χ2n) is 8.70. The van der Waals surface area contributed by atoms with Crippen LogP contribution in [-0.2, 0) is 9.59 Å². The number of ketones is 1. The molecule has 0 saturated carbocycles. The minimum absolute atomic E-state index is 0.0660. The molecular weight excluding hydrogens is 440 g/mol. The average Bonchev–Trinajstić information content (AvgIpc) is 3.03. The van der Waals surface area contributed by atoms with Gasteiger partial charge in [0.05, 0.1) is 23.2 Å². The van der Waals surface area contributed by atoms with Crippen LogP contribution >= 0.6 is 11.6 Å². The average molecular weight is 471 g/mol. The fourth-order valence-corrected chi connectivity index (χ4v) is 4.14. The molecule has 0 spiro atoms. The number of hydrogen-bond donors (Lipinski definition) is 1. The molecule has 1 N–H and O–H groups in total. The van der Waals surface area contributed by atoms with Gasteiger partial charge < -0.3 is 19.6 Å². The van der Waals surface area contributed by atoms with Crippen LogP contribution in [0.3, 0.4) is 0 Å². The SMILES string of the molecule is CCOc1ccc(/C(O)=C2\C(=O)C(=O)N(CCN(C)C)[C@@H]2c2ccc(C(C)C)cc2)cc1Cl. The van der Waals surface area contributed by atoms with Crippen LogP contribution in [0.25, 0.3) is 5.76 Å². The van der Waals surface area contributed by atoms with Gasteiger partial charge in [-0.05, 0) is 56.3 Å². The predicted octanol–water partition coefficient (Wildman–Crippen LogP) is 4.85. The van der Waals surface area contributed by atoms with E-state index < -0.39 is 17.7 Å². The molecule has 0 aromatic heterocycles. The fourth-order valence-electron chi connectivity index (χ4n) is 3.90. The maximum Gasteiger partial charge on any atom is 0.295 e. The Morgan fingerprint density at radius 3 is 2.36 bits per heavy atom. The molecule has 1 aliphatic heterocycles. The molecule has 6 nitrogen and oxygen atoms in total. The summed E-state index contributed by atoms with van der Waals surface area (Å²) in [5, 5.41) is 11.5. The number of carbonyl (C=O) groups is 2. The highest BCUT2D eigenvalue weighted by Crippen LogP contribution is 2.40. The molecular formula is C26H31ClN2O4. The highest BCUT2D eigenvalue weighted by molar-refractivity contribution is 6.46. The third-order valence-corrected chi connectivity index (χ3v) is 6.05. The first-order chi connectivity index (χ1) is 15.6. The first-order valence-corrected chi connectivity index (χ1v) is 11.5. The molecule has 0 unspecified atom stereocenters. The minimum atomic E-state index is -0.700. The maximum absolute atomic E-state index is 13.1. The van der Waals surface area contributed by atoms with Crippen molar-refractivity contribution in [1.29, 1.82) is 0 Å². The van der Waals surface area contributed by atoms with Crippen molar-refractivity contribution in [2.75, 3.05) is 33.8 Å². The lowest BCUT2D eigenvalue weighted by Crippen LogP contribution is -2.35. The van der Waals surface area contributed by atoms with Crippen LogP contribution in [0.1, 0.15) is 49.4 Å². The van der Waals surface area contributed by atoms with Crippen LogP contribution in [0.2, 0.25) is 5.02 Å². The van der Waals surface area contributed by atoms with Gasteiger partial charge in [0.1, 0.15) is 11.5 Å². The zero-order valence-corrected chi connectivity index (χ0v) is 20.5. The number of likely N-dealkylation sites (tertiary alicyclic amines) is 1. The number of ether oxygens (including phenoxy) is 1. The van der Waals surface area contributed by atoms with Gasteiger partial charge in [-0.3, -0.25) is 9.59 Å². The number of halogens is 1. The van der Waals surface area contributed by atoms with Crippen LogP contribution in [0.4, 0.5) is 0 Å². The molecule has 1 saturated heterocycles. The third-order valence-electron chi connectivity index (χ3n) is 5.75. The summed E-state index contributed by atoms with van der Waals surface area (Å²) >= 11 is 6.31. The van der Waals surface area contributed by atoms with Crippen molar-refractivity contribution in [3.8, 4) is 5.75 Å². The molecule has 1 amide bonds. The molecule has 2 aromatic carbocycles. The Morgan fingerprint density at radius 1 is 1.15 bits per heavy atom. The Kier molecular flexibility index (Phi) is 7.82. The van der Waals surface area contributed by atoms with E-state index in [0.717, 1.165) is 11.1 Å². The molecule has 1 atom stereocenters. The lowest BCUT2D eigenvalue weighted by molar-refractivity contribution is -0.140. The third kappa shape index (κ3) is 5.23. The van der Waals surface area contributed by atoms with E-state index in [-0.39, 0.29) is 11.3 Å². The van der Waals surface area contributed by atoms with Crippen molar-refractivity contribution in [3.05, 3.63) is 69.8 Å². The van der Waals surface area contributed by atoms with Crippen LogP contribution in [0.5, 0.6) is 5.75 Å². The summed E-state index contributed by atoms with van der Waals surface area (Å²) in [6.07, 6.45) is 0. The van der Waals surface area contributed by atoms with Crippen molar-refractivity contribution in [1.82, 2.24) is 9.80 Å². The van der Waals surface area contributed by atoms with Gasteiger partial charge in [-0.2, -0.15) is 0 Å². The number of hydrogen-bond acceptors (Lipinski definition) is 5. The molecule has 176 valence electrons. The van der Waals surface area contributed by atoms with E-state index in [1.807, 2.05) is 50.2 Å². The molecule has 1 heterocycles. The summed E-state index contributed by atoms with van der Waals surface area (Å²) in [5.74, 6) is -0.723. The summed E-state index contributed by atoms with van der Waals surface area (Å²) < 4.78 is 5.46. The summed E-state index contributed by atoms with van der Waals surface area (Å²) in [5.41, 5.74) is 2.35. The molecule has 3 rings (SSSR count). The van der Waals surface area contributed by atoms with E-state index in [4.69, 9.17) is 16.3 Å². The number of Topliss-reactive ketones (excluding diaryl/α,β-unsaturated/α-hetero) is 1. The second kappa shape index (κ2) is 10.4. The highest BCUT2D eigenvalue weighted by atomic mass is 35.5. The zero-order chi connectivity index (χ0) is 24.3. The Labute approximate surface area is 200 Å². The number of amides is 1. The van der Waals surface area contributed by atoms with Crippen LogP contribution in [0.15, 0.2) is 48.0 Å². The number of likely N-dealkylation sites (N-methyl/N-ethyl adjacent to an activating group) is 1. The van der Waals surface area contributed by atoms with Crippen molar-refractivity contribution >= 4 is 29.1 Å². The summed E-state index contributed by atoms with van der Waals surface area (Å²) in [7, 11) is 3.82. The van der Waals surface area contributed by atoms with Gasteiger partial charge in [0.2, 0.25) is 0 Å². The predicted molar refractivity (Wildman–Crippen MR) is 131 cm³/mol. The highest BCUT2D eigenvalue weighted by Gasteiger charge is 2.45. The Balaban J connectivity index is 2.12. The minimum Gasteiger partial charge on any atom is -0.507 e. The molecule has 1 aliphatic rings. The standard InChI is InChI=1S/C26H31ClN2O4/c1-6-33-21-12-11-19(15-20(21)27)24(30)22-23(18-9-7-17(8-10-18)16(2)3)29(14-13-28(4)5)26(32)25(22)31/h7-12,15-16,23,30H,6,13-14H2,1-5H3/b24-22+/t23-/m1/s1. The van der Waals surface area contributed by atoms with E-state index in [9.17, 15) is 14.7 Å². The Bertz CT molecular complexity index is 1060. The fraction of sp³-hybridized carbons (Fsp3) is 0.385. The lowest BCUT2D eigenvalue weighted by Gasteiger charge is -2.27. The van der Waals surface area contributed by atoms with Gasteiger partial charge in [0.15, 0.2) is 0 Å². The van der Waals surface area contributed by atoms with E-state index >= 15 is 0 Å². The molecule has 33 heavy (non-hydrogen) atoms. The Hall–Kier alpha value is -2.83. The van der Waals surface area contributed by atoms with Gasteiger partial charge in [0.25, 0.3) is 11.7 Å². The summed E-state index contributed by atoms with van der Waals surface area (Å²) in [6, 6.07) is 12.0. The first kappa shape index (κ1) is 24.8. The van der Waals surface area contributed by atoms with E-state index in [1.54, 1.807) is 18.2 Å². The number of aliphatic hydroxyl groups is 1. The van der Waals surface area contributed by atoms with Crippen LogP contribution in [0, 0.1) is 0 Å². The molecule has 0 radical (unpaired) electrons. The number of aliphatic hydroxyl groups excluding tert-OH is 1. The molecule has 2 aromatic rings. The quantitative estimate of drug-likeness (QED) is 0.339. The molecule has 7 heteroatoms. The summed E-state index contributed by atoms with van der Waals surface area (Å²) in [6.45, 7) is 7.46. The van der Waals surface area contributed by atoms with Gasteiger partial charge >= 0.3 is 0 Å². The maximum atomic E-state index is 13.1. The van der Waals surface area contributed by atoms with Crippen molar-refractivity contribution < 1.29 is 19.4 Å². The van der Waals surface area contributed by atoms with Crippen LogP contribution < -0.4 is 4.74 Å². The topological polar surface area (TPSA) is 70.1 Å². The van der Waals surface area contributed by atoms with Gasteiger partial charge in [0, 0.05) is 18.7 Å². The van der Waals surface area contributed by atoms with Gasteiger partial charge in [-0.25, -0.2) is 0 Å². The number of nitrogens with zero attached hydrogens (tertiary/aromatic N) is 2. The van der Waals surface area contributed by atoms with E-state index in [1.165, 1.54) is 4.90 Å². The summed E-state index contributed by atoms with van der Waals surface area (Å²) in [4.78, 5) is 29.6. The lowest BCUT2D eigenvalue weighted by atomic mass is 9.93. The number of rotatable bonds is 8. The largest absolute Gasteiger partial charge is 0.507 e. The first-order valence-electron chi connectivity index (χ1n) is 11.1. The normalized spacial score (nSPS) is 17.9. The second-order valence-corrected chi connectivity index (χ2v) is 9.10. The number of benzene rings is 2. The van der Waals surface area contributed by atoms with Crippen molar-refractivity contribution in [2.45, 2.75) is 32.7 Å². The van der Waals surface area contributed by atoms with Gasteiger partial charge in [-0.15, -0.1) is 0 Å². The van der Waals surface area contributed by atoms with Crippen molar-refractivity contribution in [2.24, 2.45) is 0 Å². The molecule has 1 fully saturated rings. The number of carbonyl (C=O) groups excluding carboxylic acids is 2. The van der Waals surface area contributed by atoms with Gasteiger partial charge in [-0.1, -0.05) is 49.7 Å². The van der Waals surface area contributed by atoms with E-state index in [0.29, 0.717) is 41.9 Å². The van der Waals surface area contributed by atoms with Crippen molar-refractivity contribution in [3.63, 3.8) is 0 Å². The molecule has 0 aliphatic carbocycles. The Morgan fingerprint density at radius 2 is 1.82 bits per heavy atom. The smallest absolute Gasteiger partial charge is 0.295 e. The zero-order valence-electron chi connectivity index (χ0n) is 19.8. The molecule has 0 bridgehead atoms. The monoisotopic (exact) mass is 470 g/mol. The van der Waals surface area contributed by atoms with E-state index in [2.05, 4.69) is 13.8 Å².